The molecule has 0 heterocycles. The van der Waals surface area contributed by atoms with Crippen molar-refractivity contribution in [3.63, 3.8) is 0 Å². The van der Waals surface area contributed by atoms with Crippen molar-refractivity contribution in [3.8, 4) is 0 Å². The van der Waals surface area contributed by atoms with Crippen molar-refractivity contribution < 1.29 is 26.6 Å². The van der Waals surface area contributed by atoms with Crippen LogP contribution < -0.4 is 0 Å². The molecule has 0 aromatic heterocycles. The van der Waals surface area contributed by atoms with Gasteiger partial charge in [0, 0.05) is 0 Å². The van der Waals surface area contributed by atoms with Gasteiger partial charge in [-0.15, -0.1) is 0 Å². The minimum atomic E-state index is -4.18. The van der Waals surface area contributed by atoms with Gasteiger partial charge in [-0.3, -0.25) is 9.47 Å². The number of ether oxygens (including phenoxy) is 2. The molecule has 1 rings (SSSR count). The monoisotopic (exact) mass is 349 g/mol. The average Bonchev–Trinajstić information content (AvgIpc) is 2.36. The predicted molar refractivity (Wildman–Crippen MR) is 83.6 cm³/mol. The molecule has 1 aromatic rings. The Kier molecular flexibility index (Phi) is 6.65. The van der Waals surface area contributed by atoms with E-state index in [2.05, 4.69) is 0 Å². The zero-order valence-electron chi connectivity index (χ0n) is 13.3. The van der Waals surface area contributed by atoms with Crippen LogP contribution in [0.15, 0.2) is 29.2 Å². The summed E-state index contributed by atoms with van der Waals surface area (Å²) in [6.07, 6.45) is -0.873. The van der Waals surface area contributed by atoms with Crippen LogP contribution in [0.5, 0.6) is 0 Å². The maximum atomic E-state index is 12.4. The van der Waals surface area contributed by atoms with Crippen LogP contribution in [0, 0.1) is 6.92 Å². The summed E-state index contributed by atoms with van der Waals surface area (Å²) in [5.41, 5.74) is -1.24. The normalized spacial score (nSPS) is 13.2. The third-order valence-corrected chi connectivity index (χ3v) is 4.46. The van der Waals surface area contributed by atoms with Crippen LogP contribution in [0.25, 0.3) is 0 Å². The maximum absolute atomic E-state index is 12.4. The molecule has 0 N–H and O–H groups in total. The highest BCUT2D eigenvalue weighted by molar-refractivity contribution is 7.87. The van der Waals surface area contributed by atoms with E-state index in [0.717, 1.165) is 5.56 Å². The van der Waals surface area contributed by atoms with Gasteiger partial charge in [0.15, 0.2) is 0 Å². The highest BCUT2D eigenvalue weighted by Crippen LogP contribution is 2.34. The van der Waals surface area contributed by atoms with Crippen molar-refractivity contribution in [3.05, 3.63) is 29.8 Å². The van der Waals surface area contributed by atoms with Crippen LogP contribution in [0.3, 0.4) is 0 Å². The molecule has 0 saturated heterocycles. The van der Waals surface area contributed by atoms with E-state index in [9.17, 15) is 13.0 Å². The van der Waals surface area contributed by atoms with Gasteiger partial charge >= 0.3 is 24.3 Å². The first-order valence-corrected chi connectivity index (χ1v) is 9.19. The molecule has 6 nitrogen and oxygen atoms in total. The van der Waals surface area contributed by atoms with Gasteiger partial charge < -0.3 is 0 Å². The Morgan fingerprint density at radius 2 is 1.45 bits per heavy atom. The van der Waals surface area contributed by atoms with E-state index in [1.807, 2.05) is 6.92 Å². The molecule has 0 spiro atoms. The van der Waals surface area contributed by atoms with Gasteiger partial charge in [0.25, 0.3) is 0 Å². The quantitative estimate of drug-likeness (QED) is 0.407. The lowest BCUT2D eigenvalue weighted by atomic mass is 10.2. The van der Waals surface area contributed by atoms with Gasteiger partial charge in [-0.2, -0.15) is 12.6 Å². The molecule has 1 atom stereocenters. The van der Waals surface area contributed by atoms with Crippen LogP contribution in [0.4, 0.5) is 0 Å². The fraction of sp³-hybridized carbons (Fsp3) is 0.571. The van der Waals surface area contributed by atoms with Crippen LogP contribution in [-0.4, -0.2) is 26.3 Å². The molecule has 1 aromatic carbocycles. The zero-order valence-corrected chi connectivity index (χ0v) is 15.1. The second kappa shape index (κ2) is 7.62. The van der Waals surface area contributed by atoms with Crippen molar-refractivity contribution in [1.82, 2.24) is 0 Å². The van der Waals surface area contributed by atoms with Crippen molar-refractivity contribution in [2.24, 2.45) is 0 Å². The Morgan fingerprint density at radius 1 is 1.00 bits per heavy atom. The molecule has 0 aliphatic carbocycles. The molecule has 0 fully saturated rings. The number of benzene rings is 1. The number of hydrogen-bond donors (Lipinski definition) is 0. The lowest BCUT2D eigenvalue weighted by molar-refractivity contribution is -0.305. The molecule has 8 heteroatoms. The highest BCUT2D eigenvalue weighted by atomic mass is 32.2. The van der Waals surface area contributed by atoms with Crippen LogP contribution in [0.1, 0.15) is 33.3 Å². The molecular formula is C14H22O6PS+. The maximum Gasteiger partial charge on any atom is 0.511 e. The van der Waals surface area contributed by atoms with Crippen molar-refractivity contribution in [1.29, 1.82) is 0 Å². The Bertz CT molecular complexity index is 584. The fourth-order valence-electron chi connectivity index (χ4n) is 1.65. The number of rotatable bonds is 8. The molecule has 0 radical (unpaired) electrons. The molecule has 22 heavy (non-hydrogen) atoms. The van der Waals surface area contributed by atoms with Gasteiger partial charge in [-0.25, -0.2) is 0 Å². The molecule has 124 valence electrons. The second-order valence-corrected chi connectivity index (χ2v) is 7.70. The topological polar surface area (TPSA) is 78.9 Å². The van der Waals surface area contributed by atoms with E-state index in [1.54, 1.807) is 39.8 Å². The second-order valence-electron chi connectivity index (χ2n) is 5.34. The minimum absolute atomic E-state index is 0.0552. The summed E-state index contributed by atoms with van der Waals surface area (Å²) in [4.78, 5) is -0.0552. The lowest BCUT2D eigenvalue weighted by Crippen LogP contribution is -2.39. The molecule has 0 saturated carbocycles. The first-order chi connectivity index (χ1) is 10.1. The number of aryl methyl sites for hydroxylation is 1. The third kappa shape index (κ3) is 5.41. The van der Waals surface area contributed by atoms with Gasteiger partial charge in [0.2, 0.25) is 0 Å². The SMILES string of the molecule is Cc1ccc(S(=O)(=O)OC(OC(C)C)(OC(C)C)[PH+]=O)cc1. The largest absolute Gasteiger partial charge is 0.511 e. The van der Waals surface area contributed by atoms with Crippen LogP contribution in [0.2, 0.25) is 0 Å². The van der Waals surface area contributed by atoms with Crippen LogP contribution >= 0.6 is 8.46 Å². The average molecular weight is 349 g/mol. The molecule has 0 aliphatic heterocycles. The summed E-state index contributed by atoms with van der Waals surface area (Å²) < 4.78 is 52.1. The Balaban J connectivity index is 3.15. The van der Waals surface area contributed by atoms with E-state index < -0.39 is 36.5 Å². The summed E-state index contributed by atoms with van der Waals surface area (Å²) in [6.45, 7) is 8.51. The van der Waals surface area contributed by atoms with Gasteiger partial charge in [0.1, 0.15) is 0 Å². The van der Waals surface area contributed by atoms with Crippen LogP contribution in [-0.2, 0) is 28.3 Å². The minimum Gasteiger partial charge on any atom is -0.282 e. The summed E-state index contributed by atoms with van der Waals surface area (Å²) in [6, 6.07) is 6.11. The molecule has 0 amide bonds. The molecule has 0 aliphatic rings. The standard InChI is InChI=1S/C14H21O6PS/c1-10(2)18-14(21-15,19-11(3)4)20-22(16,17)13-8-6-12(5)7-9-13/h6-11H,1-5H3/p+1. The fourth-order valence-corrected chi connectivity index (χ4v) is 3.62. The molecular weight excluding hydrogens is 327 g/mol. The summed E-state index contributed by atoms with van der Waals surface area (Å²) in [7, 11) is -5.46. The summed E-state index contributed by atoms with van der Waals surface area (Å²) in [5.74, 6) is 0. The number of hydrogen-bond acceptors (Lipinski definition) is 6. The first kappa shape index (κ1) is 19.2. The van der Waals surface area contributed by atoms with Crippen molar-refractivity contribution in [2.45, 2.75) is 57.4 Å². The van der Waals surface area contributed by atoms with Crippen molar-refractivity contribution >= 4 is 18.6 Å². The summed E-state index contributed by atoms with van der Waals surface area (Å²) in [5, 5.41) is 0. The van der Waals surface area contributed by atoms with E-state index >= 15 is 0 Å². The third-order valence-electron chi connectivity index (χ3n) is 2.44. The first-order valence-electron chi connectivity index (χ1n) is 6.87. The van der Waals surface area contributed by atoms with E-state index in [0.29, 0.717) is 0 Å². The van der Waals surface area contributed by atoms with Gasteiger partial charge in [-0.1, -0.05) is 22.3 Å². The Morgan fingerprint density at radius 3 is 1.82 bits per heavy atom. The Hall–Kier alpha value is -0.850. The van der Waals surface area contributed by atoms with Crippen molar-refractivity contribution in [2.75, 3.05) is 0 Å². The molecule has 0 bridgehead atoms. The van der Waals surface area contributed by atoms with E-state index in [4.69, 9.17) is 13.7 Å². The predicted octanol–water partition coefficient (Wildman–Crippen LogP) is 3.19. The summed E-state index contributed by atoms with van der Waals surface area (Å²) >= 11 is 0. The lowest BCUT2D eigenvalue weighted by Gasteiger charge is -2.24. The zero-order chi connectivity index (χ0) is 17.0. The Labute approximate surface area is 133 Å². The molecule has 1 unspecified atom stereocenters. The smallest absolute Gasteiger partial charge is 0.282 e. The van der Waals surface area contributed by atoms with E-state index in [-0.39, 0.29) is 4.90 Å². The van der Waals surface area contributed by atoms with Gasteiger partial charge in [0.05, 0.1) is 17.1 Å². The van der Waals surface area contributed by atoms with E-state index in [1.165, 1.54) is 12.1 Å². The van der Waals surface area contributed by atoms with Gasteiger partial charge in [-0.05, 0) is 46.8 Å². The highest BCUT2D eigenvalue weighted by Gasteiger charge is 2.51.